The molecule has 1 saturated carbocycles. The Labute approximate surface area is 154 Å². The third kappa shape index (κ3) is 4.01. The molecule has 0 radical (unpaired) electrons. The molecule has 0 bridgehead atoms. The lowest BCUT2D eigenvalue weighted by Gasteiger charge is -2.07. The van der Waals surface area contributed by atoms with Gasteiger partial charge in [0.1, 0.15) is 0 Å². The average molecular weight is 384 g/mol. The molecule has 0 saturated heterocycles. The number of anilines is 2. The van der Waals surface area contributed by atoms with E-state index in [4.69, 9.17) is 34.8 Å². The van der Waals surface area contributed by atoms with Crippen LogP contribution < -0.4 is 10.6 Å². The smallest absolute Gasteiger partial charge is 0.228 e. The number of benzene rings is 2. The lowest BCUT2D eigenvalue weighted by molar-refractivity contribution is -0.122. The summed E-state index contributed by atoms with van der Waals surface area (Å²) >= 11 is 17.6. The van der Waals surface area contributed by atoms with Gasteiger partial charge in [0.15, 0.2) is 0 Å². The summed E-state index contributed by atoms with van der Waals surface area (Å²) in [5.74, 6) is -1.09. The number of carbonyl (C=O) groups excluding carboxylic acids is 2. The third-order valence-corrected chi connectivity index (χ3v) is 4.72. The minimum Gasteiger partial charge on any atom is -0.326 e. The summed E-state index contributed by atoms with van der Waals surface area (Å²) in [6.45, 7) is 0. The Bertz CT molecular complexity index is 810. The summed E-state index contributed by atoms with van der Waals surface area (Å²) < 4.78 is 0. The van der Waals surface area contributed by atoms with E-state index in [0.29, 0.717) is 32.9 Å². The summed E-state index contributed by atoms with van der Waals surface area (Å²) in [5.41, 5.74) is 1.17. The first kappa shape index (κ1) is 17.1. The highest BCUT2D eigenvalue weighted by molar-refractivity contribution is 6.42. The number of rotatable bonds is 4. The molecule has 2 atom stereocenters. The van der Waals surface area contributed by atoms with Crippen LogP contribution in [0.4, 0.5) is 11.4 Å². The lowest BCUT2D eigenvalue weighted by atomic mass is 10.2. The van der Waals surface area contributed by atoms with Gasteiger partial charge in [-0.3, -0.25) is 9.59 Å². The quantitative estimate of drug-likeness (QED) is 0.792. The van der Waals surface area contributed by atoms with Gasteiger partial charge < -0.3 is 10.6 Å². The molecule has 2 aromatic rings. The fourth-order valence-electron chi connectivity index (χ4n) is 2.38. The van der Waals surface area contributed by atoms with Crippen molar-refractivity contribution in [1.82, 2.24) is 0 Å². The van der Waals surface area contributed by atoms with Crippen LogP contribution in [-0.4, -0.2) is 11.8 Å². The third-order valence-electron chi connectivity index (χ3n) is 3.74. The van der Waals surface area contributed by atoms with Gasteiger partial charge in [-0.1, -0.05) is 40.9 Å². The van der Waals surface area contributed by atoms with Crippen molar-refractivity contribution in [2.75, 3.05) is 10.6 Å². The number of hydrogen-bond donors (Lipinski definition) is 2. The van der Waals surface area contributed by atoms with Crippen molar-refractivity contribution >= 4 is 58.0 Å². The first-order valence-electron chi connectivity index (χ1n) is 7.26. The molecule has 124 valence electrons. The van der Waals surface area contributed by atoms with Gasteiger partial charge in [-0.2, -0.15) is 0 Å². The zero-order chi connectivity index (χ0) is 17.3. The molecule has 1 fully saturated rings. The molecule has 0 spiro atoms. The fraction of sp³-hybridized carbons (Fsp3) is 0.176. The predicted octanol–water partition coefficient (Wildman–Crippen LogP) is 4.86. The lowest BCUT2D eigenvalue weighted by Crippen LogP contribution is -2.20. The summed E-state index contributed by atoms with van der Waals surface area (Å²) in [4.78, 5) is 24.4. The van der Waals surface area contributed by atoms with E-state index in [0.717, 1.165) is 0 Å². The SMILES string of the molecule is O=C(Nc1cccc(Cl)c1)C1CC1C(=O)Nc1ccc(Cl)c(Cl)c1. The van der Waals surface area contributed by atoms with Crippen LogP contribution in [-0.2, 0) is 9.59 Å². The molecule has 0 aromatic heterocycles. The Kier molecular flexibility index (Phi) is 4.99. The minimum absolute atomic E-state index is 0.188. The molecule has 2 unspecified atom stereocenters. The van der Waals surface area contributed by atoms with Crippen molar-refractivity contribution < 1.29 is 9.59 Å². The van der Waals surface area contributed by atoms with Crippen LogP contribution in [0.5, 0.6) is 0 Å². The predicted molar refractivity (Wildman–Crippen MR) is 96.8 cm³/mol. The van der Waals surface area contributed by atoms with Crippen LogP contribution in [0, 0.1) is 11.8 Å². The molecule has 0 aliphatic heterocycles. The molecule has 2 amide bonds. The van der Waals surface area contributed by atoms with Crippen molar-refractivity contribution in [1.29, 1.82) is 0 Å². The molecule has 7 heteroatoms. The largest absolute Gasteiger partial charge is 0.326 e. The number of amides is 2. The number of nitrogens with one attached hydrogen (secondary N) is 2. The van der Waals surface area contributed by atoms with Crippen LogP contribution in [0.15, 0.2) is 42.5 Å². The van der Waals surface area contributed by atoms with E-state index >= 15 is 0 Å². The number of carbonyl (C=O) groups is 2. The zero-order valence-corrected chi connectivity index (χ0v) is 14.6. The first-order chi connectivity index (χ1) is 11.4. The van der Waals surface area contributed by atoms with Crippen LogP contribution in [0.1, 0.15) is 6.42 Å². The van der Waals surface area contributed by atoms with Gasteiger partial charge in [0.05, 0.1) is 21.9 Å². The van der Waals surface area contributed by atoms with Crippen LogP contribution in [0.2, 0.25) is 15.1 Å². The molecule has 2 aromatic carbocycles. The molecule has 3 rings (SSSR count). The maximum atomic E-state index is 12.2. The average Bonchev–Trinajstić information content (AvgIpc) is 3.32. The van der Waals surface area contributed by atoms with Gasteiger partial charge in [-0.15, -0.1) is 0 Å². The van der Waals surface area contributed by atoms with Crippen LogP contribution >= 0.6 is 34.8 Å². The highest BCUT2D eigenvalue weighted by Crippen LogP contribution is 2.40. The van der Waals surface area contributed by atoms with Crippen LogP contribution in [0.3, 0.4) is 0 Å². The molecule has 1 aliphatic rings. The second kappa shape index (κ2) is 7.01. The van der Waals surface area contributed by atoms with Gasteiger partial charge in [0, 0.05) is 16.4 Å². The summed E-state index contributed by atoms with van der Waals surface area (Å²) in [6.07, 6.45) is 0.513. The van der Waals surface area contributed by atoms with Crippen molar-refractivity contribution in [3.05, 3.63) is 57.5 Å². The number of halogens is 3. The Morgan fingerprint density at radius 1 is 0.833 bits per heavy atom. The molecule has 2 N–H and O–H groups in total. The Hall–Kier alpha value is -1.75. The Morgan fingerprint density at radius 3 is 2.04 bits per heavy atom. The summed E-state index contributed by atoms with van der Waals surface area (Å²) in [5, 5.41) is 6.83. The van der Waals surface area contributed by atoms with E-state index in [-0.39, 0.29) is 23.7 Å². The van der Waals surface area contributed by atoms with E-state index in [9.17, 15) is 9.59 Å². The molecule has 4 nitrogen and oxygen atoms in total. The van der Waals surface area contributed by atoms with Gasteiger partial charge in [0.2, 0.25) is 11.8 Å². The second-order valence-corrected chi connectivity index (χ2v) is 6.82. The highest BCUT2D eigenvalue weighted by atomic mass is 35.5. The standard InChI is InChI=1S/C17H13Cl3N2O2/c18-9-2-1-3-10(6-9)21-16(23)12-8-13(12)17(24)22-11-4-5-14(19)15(20)7-11/h1-7,12-13H,8H2,(H,21,23)(H,22,24). The maximum absolute atomic E-state index is 12.2. The Balaban J connectivity index is 1.57. The van der Waals surface area contributed by atoms with Gasteiger partial charge in [-0.05, 0) is 42.8 Å². The van der Waals surface area contributed by atoms with Crippen molar-refractivity contribution in [2.45, 2.75) is 6.42 Å². The van der Waals surface area contributed by atoms with E-state index in [2.05, 4.69) is 10.6 Å². The monoisotopic (exact) mass is 382 g/mol. The number of hydrogen-bond acceptors (Lipinski definition) is 2. The van der Waals surface area contributed by atoms with Gasteiger partial charge in [-0.25, -0.2) is 0 Å². The topological polar surface area (TPSA) is 58.2 Å². The zero-order valence-electron chi connectivity index (χ0n) is 12.4. The van der Waals surface area contributed by atoms with Crippen LogP contribution in [0.25, 0.3) is 0 Å². The minimum atomic E-state index is -0.348. The first-order valence-corrected chi connectivity index (χ1v) is 8.40. The van der Waals surface area contributed by atoms with Crippen molar-refractivity contribution in [3.63, 3.8) is 0 Å². The molecular weight excluding hydrogens is 371 g/mol. The molecule has 0 heterocycles. The van der Waals surface area contributed by atoms with Crippen molar-refractivity contribution in [2.24, 2.45) is 11.8 Å². The van der Waals surface area contributed by atoms with E-state index in [1.165, 1.54) is 0 Å². The molecular formula is C17H13Cl3N2O2. The van der Waals surface area contributed by atoms with Crippen molar-refractivity contribution in [3.8, 4) is 0 Å². The summed E-state index contributed by atoms with van der Waals surface area (Å²) in [6, 6.07) is 11.7. The molecule has 24 heavy (non-hydrogen) atoms. The maximum Gasteiger partial charge on any atom is 0.228 e. The molecule has 1 aliphatic carbocycles. The van der Waals surface area contributed by atoms with Gasteiger partial charge >= 0.3 is 0 Å². The second-order valence-electron chi connectivity index (χ2n) is 5.57. The van der Waals surface area contributed by atoms with Gasteiger partial charge in [0.25, 0.3) is 0 Å². The summed E-state index contributed by atoms with van der Waals surface area (Å²) in [7, 11) is 0. The highest BCUT2D eigenvalue weighted by Gasteiger charge is 2.48. The van der Waals surface area contributed by atoms with E-state index in [1.54, 1.807) is 42.5 Å². The van der Waals surface area contributed by atoms with E-state index in [1.807, 2.05) is 0 Å². The van der Waals surface area contributed by atoms with E-state index < -0.39 is 0 Å². The Morgan fingerprint density at radius 2 is 1.46 bits per heavy atom. The fourth-order valence-corrected chi connectivity index (χ4v) is 2.87. The normalized spacial score (nSPS) is 18.8.